The number of amides is 3. The van der Waals surface area contributed by atoms with Crippen LogP contribution in [0.1, 0.15) is 45.6 Å². The highest BCUT2D eigenvalue weighted by molar-refractivity contribution is 5.77. The molecule has 0 aromatic heterocycles. The number of nitrogens with one attached hydrogen (secondary N) is 1. The zero-order valence-electron chi connectivity index (χ0n) is 19.7. The summed E-state index contributed by atoms with van der Waals surface area (Å²) in [7, 11) is 0. The van der Waals surface area contributed by atoms with Gasteiger partial charge in [-0.25, -0.2) is 9.59 Å². The predicted molar refractivity (Wildman–Crippen MR) is 122 cm³/mol. The maximum Gasteiger partial charge on any atom is 0.410 e. The van der Waals surface area contributed by atoms with E-state index in [0.717, 1.165) is 5.56 Å². The highest BCUT2D eigenvalue weighted by Gasteiger charge is 2.30. The summed E-state index contributed by atoms with van der Waals surface area (Å²) in [6.45, 7) is 7.97. The molecule has 0 bridgehead atoms. The second-order valence-corrected chi connectivity index (χ2v) is 9.48. The van der Waals surface area contributed by atoms with Gasteiger partial charge >= 0.3 is 12.2 Å². The zero-order chi connectivity index (χ0) is 23.8. The van der Waals surface area contributed by atoms with E-state index in [9.17, 15) is 14.4 Å². The van der Waals surface area contributed by atoms with Crippen molar-refractivity contribution in [3.8, 4) is 0 Å². The molecular formula is C24H35N3O6. The van der Waals surface area contributed by atoms with Crippen LogP contribution >= 0.6 is 0 Å². The lowest BCUT2D eigenvalue weighted by Gasteiger charge is -2.35. The van der Waals surface area contributed by atoms with Crippen molar-refractivity contribution >= 4 is 18.1 Å². The molecule has 2 heterocycles. The number of hydrogen-bond donors (Lipinski definition) is 1. The van der Waals surface area contributed by atoms with Crippen LogP contribution in [0.25, 0.3) is 0 Å². The Kier molecular flexibility index (Phi) is 8.55. The van der Waals surface area contributed by atoms with Gasteiger partial charge in [-0.15, -0.1) is 0 Å². The lowest BCUT2D eigenvalue weighted by molar-refractivity contribution is -0.137. The average Bonchev–Trinajstić information content (AvgIpc) is 2.77. The molecule has 0 spiro atoms. The highest BCUT2D eigenvalue weighted by Crippen LogP contribution is 2.17. The molecule has 0 unspecified atom stereocenters. The number of rotatable bonds is 5. The van der Waals surface area contributed by atoms with Crippen LogP contribution in [0.2, 0.25) is 0 Å². The molecule has 2 aliphatic heterocycles. The lowest BCUT2D eigenvalue weighted by Crippen LogP contribution is -2.50. The van der Waals surface area contributed by atoms with Crippen LogP contribution in [0.5, 0.6) is 0 Å². The van der Waals surface area contributed by atoms with E-state index >= 15 is 0 Å². The van der Waals surface area contributed by atoms with Crippen molar-refractivity contribution in [1.29, 1.82) is 0 Å². The van der Waals surface area contributed by atoms with E-state index in [0.29, 0.717) is 45.6 Å². The summed E-state index contributed by atoms with van der Waals surface area (Å²) >= 11 is 0. The van der Waals surface area contributed by atoms with Crippen molar-refractivity contribution in [2.75, 3.05) is 32.8 Å². The van der Waals surface area contributed by atoms with Crippen molar-refractivity contribution in [3.05, 3.63) is 35.9 Å². The van der Waals surface area contributed by atoms with Gasteiger partial charge in [-0.3, -0.25) is 4.79 Å². The number of alkyl carbamates (subject to hydrolysis) is 1. The van der Waals surface area contributed by atoms with E-state index in [4.69, 9.17) is 14.2 Å². The summed E-state index contributed by atoms with van der Waals surface area (Å²) in [6.07, 6.45) is 0.388. The van der Waals surface area contributed by atoms with Gasteiger partial charge in [0.25, 0.3) is 0 Å². The Hall–Kier alpha value is -2.81. The molecule has 182 valence electrons. The molecule has 1 atom stereocenters. The fraction of sp³-hybridized carbons (Fsp3) is 0.625. The first-order valence-corrected chi connectivity index (χ1v) is 11.5. The third-order valence-electron chi connectivity index (χ3n) is 5.57. The quantitative estimate of drug-likeness (QED) is 0.724. The number of carbonyl (C=O) groups is 3. The third-order valence-corrected chi connectivity index (χ3v) is 5.57. The number of carbonyl (C=O) groups excluding carboxylic acids is 3. The molecule has 9 heteroatoms. The van der Waals surface area contributed by atoms with Crippen LogP contribution in [0.4, 0.5) is 9.59 Å². The number of nitrogens with zero attached hydrogens (tertiary/aromatic N) is 2. The van der Waals surface area contributed by atoms with Gasteiger partial charge in [0, 0.05) is 25.7 Å². The van der Waals surface area contributed by atoms with Gasteiger partial charge in [-0.2, -0.15) is 0 Å². The maximum atomic E-state index is 12.8. The number of piperidine rings is 1. The van der Waals surface area contributed by atoms with E-state index in [-0.39, 0.29) is 31.1 Å². The first-order valence-electron chi connectivity index (χ1n) is 11.5. The average molecular weight is 462 g/mol. The molecule has 9 nitrogen and oxygen atoms in total. The van der Waals surface area contributed by atoms with E-state index in [2.05, 4.69) is 5.32 Å². The molecule has 2 saturated heterocycles. The lowest BCUT2D eigenvalue weighted by atomic mass is 10.0. The van der Waals surface area contributed by atoms with Crippen LogP contribution in [0.3, 0.4) is 0 Å². The molecule has 2 fully saturated rings. The Labute approximate surface area is 195 Å². The van der Waals surface area contributed by atoms with Gasteiger partial charge in [0.15, 0.2) is 0 Å². The van der Waals surface area contributed by atoms with Gasteiger partial charge < -0.3 is 29.3 Å². The summed E-state index contributed by atoms with van der Waals surface area (Å²) in [4.78, 5) is 40.5. The monoisotopic (exact) mass is 461 g/mol. The molecule has 3 amide bonds. The summed E-state index contributed by atoms with van der Waals surface area (Å²) in [5.41, 5.74) is 0.387. The minimum atomic E-state index is -0.539. The number of benzene rings is 1. The molecule has 0 aliphatic carbocycles. The molecule has 0 radical (unpaired) electrons. The van der Waals surface area contributed by atoms with Crippen molar-refractivity contribution in [2.45, 2.75) is 64.4 Å². The second-order valence-electron chi connectivity index (χ2n) is 9.48. The minimum Gasteiger partial charge on any atom is -0.445 e. The smallest absolute Gasteiger partial charge is 0.410 e. The fourth-order valence-electron chi connectivity index (χ4n) is 3.89. The summed E-state index contributed by atoms with van der Waals surface area (Å²) in [5.74, 6) is -0.00443. The van der Waals surface area contributed by atoms with Crippen molar-refractivity contribution in [1.82, 2.24) is 15.1 Å². The first kappa shape index (κ1) is 24.8. The van der Waals surface area contributed by atoms with Crippen LogP contribution in [0, 0.1) is 0 Å². The fourth-order valence-corrected chi connectivity index (χ4v) is 3.89. The normalized spacial score (nSPS) is 19.7. The van der Waals surface area contributed by atoms with Crippen LogP contribution in [0.15, 0.2) is 30.3 Å². The standard InChI is InChI=1S/C24H35N3O6/c1-24(2,3)33-22(29)25-19-9-11-26(12-10-19)21(28)15-20-16-27(13-14-31-20)23(30)32-17-18-7-5-4-6-8-18/h4-8,19-20H,9-17H2,1-3H3,(H,25,29)/t20-/m0/s1. The second kappa shape index (κ2) is 11.4. The maximum absolute atomic E-state index is 12.8. The molecule has 2 aliphatic rings. The van der Waals surface area contributed by atoms with E-state index < -0.39 is 17.8 Å². The van der Waals surface area contributed by atoms with E-state index in [1.807, 2.05) is 51.1 Å². The Balaban J connectivity index is 1.38. The first-order chi connectivity index (χ1) is 15.7. The van der Waals surface area contributed by atoms with E-state index in [1.165, 1.54) is 0 Å². The third kappa shape index (κ3) is 8.24. The van der Waals surface area contributed by atoms with Gasteiger partial charge in [-0.1, -0.05) is 30.3 Å². The number of likely N-dealkylation sites (tertiary alicyclic amines) is 1. The van der Waals surface area contributed by atoms with Crippen LogP contribution in [-0.4, -0.2) is 78.4 Å². The molecule has 1 aromatic carbocycles. The summed E-state index contributed by atoms with van der Waals surface area (Å²) in [6, 6.07) is 9.51. The van der Waals surface area contributed by atoms with Gasteiger partial charge in [0.1, 0.15) is 12.2 Å². The zero-order valence-corrected chi connectivity index (χ0v) is 19.7. The Morgan fingerprint density at radius 1 is 1.06 bits per heavy atom. The van der Waals surface area contributed by atoms with Crippen LogP contribution < -0.4 is 5.32 Å². The summed E-state index contributed by atoms with van der Waals surface area (Å²) in [5, 5.41) is 2.88. The van der Waals surface area contributed by atoms with E-state index in [1.54, 1.807) is 9.80 Å². The van der Waals surface area contributed by atoms with Crippen molar-refractivity contribution < 1.29 is 28.6 Å². The molecule has 33 heavy (non-hydrogen) atoms. The topological polar surface area (TPSA) is 97.4 Å². The molecule has 1 aromatic rings. The van der Waals surface area contributed by atoms with Gasteiger partial charge in [-0.05, 0) is 39.2 Å². The molecule has 3 rings (SSSR count). The Morgan fingerprint density at radius 2 is 1.76 bits per heavy atom. The largest absolute Gasteiger partial charge is 0.445 e. The van der Waals surface area contributed by atoms with Crippen LogP contribution in [-0.2, 0) is 25.6 Å². The van der Waals surface area contributed by atoms with Gasteiger partial charge in [0.05, 0.1) is 25.7 Å². The Bertz CT molecular complexity index is 802. The highest BCUT2D eigenvalue weighted by atomic mass is 16.6. The molecule has 1 N–H and O–H groups in total. The number of morpholine rings is 1. The minimum absolute atomic E-state index is 0.00443. The number of ether oxygens (including phenoxy) is 3. The molecular weight excluding hydrogens is 426 g/mol. The SMILES string of the molecule is CC(C)(C)OC(=O)NC1CCN(C(=O)C[C@H]2CN(C(=O)OCc3ccccc3)CCO2)CC1. The van der Waals surface area contributed by atoms with Crippen molar-refractivity contribution in [3.63, 3.8) is 0 Å². The summed E-state index contributed by atoms with van der Waals surface area (Å²) < 4.78 is 16.4. The van der Waals surface area contributed by atoms with Crippen molar-refractivity contribution in [2.24, 2.45) is 0 Å². The van der Waals surface area contributed by atoms with Gasteiger partial charge in [0.2, 0.25) is 5.91 Å². The predicted octanol–water partition coefficient (Wildman–Crippen LogP) is 2.93. The Morgan fingerprint density at radius 3 is 2.42 bits per heavy atom. The number of hydrogen-bond acceptors (Lipinski definition) is 6. The molecule has 0 saturated carbocycles.